The molecule has 2 aromatic carbocycles. The lowest BCUT2D eigenvalue weighted by Gasteiger charge is -2.42. The molecule has 2 atom stereocenters. The number of aromatic nitrogens is 2. The van der Waals surface area contributed by atoms with Crippen molar-refractivity contribution >= 4 is 34.6 Å². The van der Waals surface area contributed by atoms with Gasteiger partial charge in [0.2, 0.25) is 0 Å². The SMILES string of the molecule is CC(C)CC(=O)OCC(=O)N1CCN(C2N=CC(c3ccc4c(=O)n(C)n(Cc5ccccc5OC(F)F)c4c3)=CN2)C[C@H]1C. The predicted octanol–water partition coefficient (Wildman–Crippen LogP) is 3.41. The van der Waals surface area contributed by atoms with E-state index in [2.05, 4.69) is 10.2 Å². The molecule has 45 heavy (non-hydrogen) atoms. The Bertz CT molecular complexity index is 1680. The molecule has 0 radical (unpaired) electrons. The number of ether oxygens (including phenoxy) is 2. The van der Waals surface area contributed by atoms with Gasteiger partial charge in [-0.05, 0) is 36.6 Å². The van der Waals surface area contributed by atoms with Gasteiger partial charge in [0.15, 0.2) is 12.9 Å². The Hall–Kier alpha value is -4.52. The summed E-state index contributed by atoms with van der Waals surface area (Å²) in [7, 11) is 1.64. The molecule has 1 fully saturated rings. The number of allylic oxidation sites excluding steroid dienone is 1. The number of fused-ring (bicyclic) bond motifs is 1. The van der Waals surface area contributed by atoms with Crippen molar-refractivity contribution in [2.24, 2.45) is 18.0 Å². The first kappa shape index (κ1) is 31.9. The molecule has 3 heterocycles. The Morgan fingerprint density at radius 3 is 2.60 bits per heavy atom. The Morgan fingerprint density at radius 1 is 1.13 bits per heavy atom. The molecular formula is C32H38F2N6O5. The third kappa shape index (κ3) is 7.25. The van der Waals surface area contributed by atoms with Crippen LogP contribution in [0.15, 0.2) is 58.5 Å². The Balaban J connectivity index is 1.25. The summed E-state index contributed by atoms with van der Waals surface area (Å²) < 4.78 is 39.0. The molecule has 0 bridgehead atoms. The van der Waals surface area contributed by atoms with E-state index in [9.17, 15) is 23.2 Å². The van der Waals surface area contributed by atoms with Crippen molar-refractivity contribution in [1.82, 2.24) is 24.5 Å². The first-order valence-corrected chi connectivity index (χ1v) is 14.9. The summed E-state index contributed by atoms with van der Waals surface area (Å²) in [6.07, 6.45) is 3.61. The number of carbonyl (C=O) groups is 2. The predicted molar refractivity (Wildman–Crippen MR) is 166 cm³/mol. The van der Waals surface area contributed by atoms with Crippen molar-refractivity contribution in [3.05, 3.63) is 70.1 Å². The highest BCUT2D eigenvalue weighted by Crippen LogP contribution is 2.25. The third-order valence-corrected chi connectivity index (χ3v) is 8.00. The van der Waals surface area contributed by atoms with Crippen LogP contribution in [0.1, 0.15) is 38.3 Å². The monoisotopic (exact) mass is 624 g/mol. The lowest BCUT2D eigenvalue weighted by atomic mass is 10.1. The van der Waals surface area contributed by atoms with Crippen molar-refractivity contribution in [3.63, 3.8) is 0 Å². The summed E-state index contributed by atoms with van der Waals surface area (Å²) in [5, 5.41) is 3.84. The molecule has 1 saturated heterocycles. The number of carbonyl (C=O) groups excluding carboxylic acids is 2. The van der Waals surface area contributed by atoms with Gasteiger partial charge in [-0.3, -0.25) is 33.6 Å². The van der Waals surface area contributed by atoms with E-state index in [0.29, 0.717) is 36.1 Å². The first-order valence-electron chi connectivity index (χ1n) is 14.9. The van der Waals surface area contributed by atoms with E-state index in [1.54, 1.807) is 47.1 Å². The van der Waals surface area contributed by atoms with Gasteiger partial charge in [0, 0.05) is 62.7 Å². The van der Waals surface area contributed by atoms with E-state index in [-0.39, 0.29) is 61.0 Å². The molecule has 2 aliphatic rings. The maximum atomic E-state index is 13.0. The van der Waals surface area contributed by atoms with Gasteiger partial charge in [0.05, 0.1) is 17.4 Å². The van der Waals surface area contributed by atoms with E-state index in [0.717, 1.165) is 11.1 Å². The topological polar surface area (TPSA) is 110 Å². The van der Waals surface area contributed by atoms with Gasteiger partial charge in [0.25, 0.3) is 11.5 Å². The third-order valence-electron chi connectivity index (χ3n) is 8.00. The molecule has 2 aliphatic heterocycles. The summed E-state index contributed by atoms with van der Waals surface area (Å²) in [5.74, 6) is -0.351. The Morgan fingerprint density at radius 2 is 1.91 bits per heavy atom. The number of benzene rings is 2. The number of para-hydroxylation sites is 1. The highest BCUT2D eigenvalue weighted by atomic mass is 19.3. The molecule has 0 aliphatic carbocycles. The fraction of sp³-hybridized carbons (Fsp3) is 0.438. The summed E-state index contributed by atoms with van der Waals surface area (Å²) in [6.45, 7) is 4.41. The number of nitrogens with zero attached hydrogens (tertiary/aromatic N) is 5. The molecule has 0 saturated carbocycles. The maximum Gasteiger partial charge on any atom is 0.387 e. The molecule has 3 aromatic rings. The second kappa shape index (κ2) is 13.6. The zero-order valence-corrected chi connectivity index (χ0v) is 25.8. The molecule has 11 nitrogen and oxygen atoms in total. The number of alkyl halides is 2. The minimum absolute atomic E-state index is 0.0555. The van der Waals surface area contributed by atoms with Gasteiger partial charge in [0.1, 0.15) is 5.75 Å². The normalized spacial score (nSPS) is 18.8. The number of amides is 1. The van der Waals surface area contributed by atoms with E-state index in [1.165, 1.54) is 10.7 Å². The van der Waals surface area contributed by atoms with Crippen LogP contribution >= 0.6 is 0 Å². The Kier molecular flexibility index (Phi) is 9.66. The van der Waals surface area contributed by atoms with Gasteiger partial charge in [-0.15, -0.1) is 0 Å². The number of hydrogen-bond donors (Lipinski definition) is 1. The average molecular weight is 625 g/mol. The number of esters is 1. The van der Waals surface area contributed by atoms with Crippen LogP contribution in [-0.4, -0.2) is 82.4 Å². The summed E-state index contributed by atoms with van der Waals surface area (Å²) in [6, 6.07) is 11.9. The van der Waals surface area contributed by atoms with E-state index in [4.69, 9.17) is 14.5 Å². The zero-order valence-electron chi connectivity index (χ0n) is 25.8. The van der Waals surface area contributed by atoms with Crippen molar-refractivity contribution in [3.8, 4) is 5.75 Å². The van der Waals surface area contributed by atoms with E-state index in [1.807, 2.05) is 39.1 Å². The fourth-order valence-electron chi connectivity index (χ4n) is 5.70. The van der Waals surface area contributed by atoms with Crippen LogP contribution in [0.4, 0.5) is 8.78 Å². The van der Waals surface area contributed by atoms with Crippen LogP contribution < -0.4 is 15.6 Å². The molecule has 1 unspecified atom stereocenters. The summed E-state index contributed by atoms with van der Waals surface area (Å²) >= 11 is 0. The fourth-order valence-corrected chi connectivity index (χ4v) is 5.70. The van der Waals surface area contributed by atoms with Gasteiger partial charge < -0.3 is 19.7 Å². The van der Waals surface area contributed by atoms with Crippen molar-refractivity contribution in [1.29, 1.82) is 0 Å². The minimum Gasteiger partial charge on any atom is -0.456 e. The molecular weight excluding hydrogens is 586 g/mol. The lowest BCUT2D eigenvalue weighted by molar-refractivity contribution is -0.154. The number of nitrogens with one attached hydrogen (secondary N) is 1. The number of rotatable bonds is 10. The second-order valence-electron chi connectivity index (χ2n) is 11.7. The van der Waals surface area contributed by atoms with Gasteiger partial charge in [-0.1, -0.05) is 38.1 Å². The van der Waals surface area contributed by atoms with Gasteiger partial charge in [-0.2, -0.15) is 8.78 Å². The standard InChI is InChI=1S/C32H38F2N6O5/c1-20(2)13-29(42)44-19-28(41)39-12-11-38(17-21(39)3)32-35-15-24(16-36-32)22-9-10-25-26(14-22)40(37(4)30(25)43)18-23-7-5-6-8-27(23)45-31(33)34/h5-10,14-16,20-21,31-32,35H,11-13,17-19H2,1-4H3/t21-,32?/m1/s1. The molecule has 240 valence electrons. The molecule has 1 amide bonds. The van der Waals surface area contributed by atoms with Crippen LogP contribution in [0.3, 0.4) is 0 Å². The smallest absolute Gasteiger partial charge is 0.387 e. The first-order chi connectivity index (χ1) is 21.5. The van der Waals surface area contributed by atoms with Crippen LogP contribution in [-0.2, 0) is 27.9 Å². The van der Waals surface area contributed by atoms with E-state index >= 15 is 0 Å². The van der Waals surface area contributed by atoms with Crippen LogP contribution in [0, 0.1) is 5.92 Å². The Labute approximate surface area is 259 Å². The largest absolute Gasteiger partial charge is 0.456 e. The quantitative estimate of drug-likeness (QED) is 0.345. The number of aliphatic imine (C=N–C) groups is 1. The zero-order chi connectivity index (χ0) is 32.2. The highest BCUT2D eigenvalue weighted by Gasteiger charge is 2.31. The summed E-state index contributed by atoms with van der Waals surface area (Å²) in [5.41, 5.74) is 2.59. The molecule has 5 rings (SSSR count). The lowest BCUT2D eigenvalue weighted by Crippen LogP contribution is -2.59. The number of piperazine rings is 1. The molecule has 1 aromatic heterocycles. The number of hydrogen-bond acceptors (Lipinski definition) is 8. The van der Waals surface area contributed by atoms with Crippen LogP contribution in [0.5, 0.6) is 5.75 Å². The van der Waals surface area contributed by atoms with Crippen LogP contribution in [0.2, 0.25) is 0 Å². The molecule has 0 spiro atoms. The molecule has 13 heteroatoms. The average Bonchev–Trinajstić information content (AvgIpc) is 3.24. The van der Waals surface area contributed by atoms with Crippen molar-refractivity contribution in [2.75, 3.05) is 26.2 Å². The minimum atomic E-state index is -2.96. The summed E-state index contributed by atoms with van der Waals surface area (Å²) in [4.78, 5) is 46.1. The van der Waals surface area contributed by atoms with Crippen LogP contribution in [0.25, 0.3) is 16.5 Å². The number of halogens is 2. The van der Waals surface area contributed by atoms with Gasteiger partial charge >= 0.3 is 12.6 Å². The second-order valence-corrected chi connectivity index (χ2v) is 11.7. The molecule has 1 N–H and O–H groups in total. The highest BCUT2D eigenvalue weighted by molar-refractivity contribution is 6.11. The van der Waals surface area contributed by atoms with Crippen molar-refractivity contribution < 1.29 is 27.8 Å². The van der Waals surface area contributed by atoms with Gasteiger partial charge in [-0.25, -0.2) is 0 Å². The van der Waals surface area contributed by atoms with Crippen molar-refractivity contribution in [2.45, 2.75) is 52.7 Å². The van der Waals surface area contributed by atoms with E-state index < -0.39 is 6.61 Å². The maximum absolute atomic E-state index is 13.0.